The minimum atomic E-state index is -3.83. The van der Waals surface area contributed by atoms with Crippen LogP contribution < -0.4 is 10.0 Å². The summed E-state index contributed by atoms with van der Waals surface area (Å²) < 4.78 is 28.3. The van der Waals surface area contributed by atoms with Crippen molar-refractivity contribution in [3.63, 3.8) is 0 Å². The third kappa shape index (κ3) is 4.91. The van der Waals surface area contributed by atoms with Gasteiger partial charge in [0.25, 0.3) is 10.0 Å². The van der Waals surface area contributed by atoms with Crippen LogP contribution >= 0.6 is 11.6 Å². The molecule has 0 atom stereocenters. The molecule has 1 aromatic heterocycles. The molecule has 0 fully saturated rings. The number of fused-ring (bicyclic) bond motifs is 1. The van der Waals surface area contributed by atoms with Gasteiger partial charge in [-0.15, -0.1) is 0 Å². The summed E-state index contributed by atoms with van der Waals surface area (Å²) in [6, 6.07) is 13.4. The van der Waals surface area contributed by atoms with Gasteiger partial charge in [-0.2, -0.15) is 0 Å². The van der Waals surface area contributed by atoms with Gasteiger partial charge < -0.3 is 5.32 Å². The summed E-state index contributed by atoms with van der Waals surface area (Å²) in [5.74, 6) is 0.601. The number of rotatable bonds is 7. The van der Waals surface area contributed by atoms with E-state index in [9.17, 15) is 8.42 Å². The molecule has 2 aromatic carbocycles. The van der Waals surface area contributed by atoms with Crippen molar-refractivity contribution in [2.45, 2.75) is 37.0 Å². The Hall–Kier alpha value is -2.64. The van der Waals surface area contributed by atoms with Gasteiger partial charge in [-0.1, -0.05) is 35.4 Å². The number of allylic oxidation sites excluding steroid dienone is 1. The molecule has 30 heavy (non-hydrogen) atoms. The summed E-state index contributed by atoms with van der Waals surface area (Å²) in [4.78, 5) is 9.23. The first-order valence-electron chi connectivity index (χ1n) is 9.98. The summed E-state index contributed by atoms with van der Waals surface area (Å²) in [6.45, 7) is 0.661. The Labute approximate surface area is 181 Å². The SMILES string of the molecule is O=S(=O)(Nc1nc2ccccc2nc1NCCC1=CCCCC1)c1ccc(Cl)cc1. The summed E-state index contributed by atoms with van der Waals surface area (Å²) >= 11 is 5.88. The molecule has 0 spiro atoms. The van der Waals surface area contributed by atoms with Crippen LogP contribution in [0.2, 0.25) is 5.02 Å². The normalized spacial score (nSPS) is 14.4. The number of benzene rings is 2. The second kappa shape index (κ2) is 9.02. The number of aromatic nitrogens is 2. The zero-order valence-corrected chi connectivity index (χ0v) is 18.0. The van der Waals surface area contributed by atoms with E-state index >= 15 is 0 Å². The highest BCUT2D eigenvalue weighted by atomic mass is 35.5. The van der Waals surface area contributed by atoms with Gasteiger partial charge in [0.1, 0.15) is 0 Å². The molecule has 156 valence electrons. The molecule has 0 amide bonds. The average Bonchev–Trinajstić information content (AvgIpc) is 2.75. The second-order valence-corrected chi connectivity index (χ2v) is 9.37. The number of sulfonamides is 1. The van der Waals surface area contributed by atoms with Crippen molar-refractivity contribution in [1.82, 2.24) is 9.97 Å². The van der Waals surface area contributed by atoms with E-state index in [1.165, 1.54) is 30.5 Å². The molecule has 0 bridgehead atoms. The lowest BCUT2D eigenvalue weighted by Crippen LogP contribution is -2.17. The van der Waals surface area contributed by atoms with Crippen molar-refractivity contribution in [2.75, 3.05) is 16.6 Å². The number of anilines is 2. The van der Waals surface area contributed by atoms with Crippen molar-refractivity contribution < 1.29 is 8.42 Å². The summed E-state index contributed by atoms with van der Waals surface area (Å²) in [7, 11) is -3.83. The predicted molar refractivity (Wildman–Crippen MR) is 121 cm³/mol. The molecule has 8 heteroatoms. The highest BCUT2D eigenvalue weighted by Gasteiger charge is 2.19. The number of hydrogen-bond acceptors (Lipinski definition) is 5. The van der Waals surface area contributed by atoms with Crippen molar-refractivity contribution >= 4 is 44.3 Å². The Bertz CT molecular complexity index is 1180. The zero-order chi connectivity index (χ0) is 21.0. The van der Waals surface area contributed by atoms with Crippen molar-refractivity contribution in [3.05, 3.63) is 65.2 Å². The van der Waals surface area contributed by atoms with Crippen LogP contribution in [-0.2, 0) is 10.0 Å². The maximum Gasteiger partial charge on any atom is 0.263 e. The van der Waals surface area contributed by atoms with E-state index in [1.54, 1.807) is 18.2 Å². The van der Waals surface area contributed by atoms with Gasteiger partial charge in [0, 0.05) is 11.6 Å². The second-order valence-electron chi connectivity index (χ2n) is 7.25. The number of halogens is 1. The smallest absolute Gasteiger partial charge is 0.263 e. The van der Waals surface area contributed by atoms with E-state index in [0.29, 0.717) is 28.4 Å². The average molecular weight is 443 g/mol. The Morgan fingerprint density at radius 1 is 0.933 bits per heavy atom. The minimum absolute atomic E-state index is 0.111. The maximum atomic E-state index is 12.9. The van der Waals surface area contributed by atoms with Crippen LogP contribution in [0.15, 0.2) is 65.1 Å². The van der Waals surface area contributed by atoms with Gasteiger partial charge in [0.15, 0.2) is 11.6 Å². The lowest BCUT2D eigenvalue weighted by Gasteiger charge is -2.16. The van der Waals surface area contributed by atoms with Crippen LogP contribution in [0.4, 0.5) is 11.6 Å². The molecular weight excluding hydrogens is 420 g/mol. The first-order valence-corrected chi connectivity index (χ1v) is 11.8. The van der Waals surface area contributed by atoms with Crippen LogP contribution in [0.25, 0.3) is 11.0 Å². The van der Waals surface area contributed by atoms with Crippen molar-refractivity contribution in [2.24, 2.45) is 0 Å². The Balaban J connectivity index is 1.60. The van der Waals surface area contributed by atoms with Gasteiger partial charge >= 0.3 is 0 Å². The molecule has 4 rings (SSSR count). The van der Waals surface area contributed by atoms with E-state index in [2.05, 4.69) is 26.1 Å². The van der Waals surface area contributed by atoms with Crippen LogP contribution in [-0.4, -0.2) is 24.9 Å². The Kier molecular flexibility index (Phi) is 6.20. The molecule has 0 saturated carbocycles. The number of hydrogen-bond donors (Lipinski definition) is 2. The first-order chi connectivity index (χ1) is 14.5. The zero-order valence-electron chi connectivity index (χ0n) is 16.4. The third-order valence-corrected chi connectivity index (χ3v) is 6.66. The number of para-hydroxylation sites is 2. The van der Waals surface area contributed by atoms with E-state index in [4.69, 9.17) is 11.6 Å². The molecule has 3 aromatic rings. The number of nitrogens with one attached hydrogen (secondary N) is 2. The van der Waals surface area contributed by atoms with Crippen LogP contribution in [0, 0.1) is 0 Å². The largest absolute Gasteiger partial charge is 0.367 e. The van der Waals surface area contributed by atoms with E-state index in [0.717, 1.165) is 19.3 Å². The maximum absolute atomic E-state index is 12.9. The van der Waals surface area contributed by atoms with Gasteiger partial charge in [0.2, 0.25) is 0 Å². The molecule has 0 radical (unpaired) electrons. The van der Waals surface area contributed by atoms with Crippen LogP contribution in [0.5, 0.6) is 0 Å². The molecule has 2 N–H and O–H groups in total. The fourth-order valence-corrected chi connectivity index (χ4v) is 4.60. The van der Waals surface area contributed by atoms with Gasteiger partial charge in [-0.05, 0) is 68.5 Å². The highest BCUT2D eigenvalue weighted by molar-refractivity contribution is 7.92. The molecule has 1 heterocycles. The van der Waals surface area contributed by atoms with Gasteiger partial charge in [-0.3, -0.25) is 4.72 Å². The minimum Gasteiger partial charge on any atom is -0.367 e. The molecule has 1 aliphatic rings. The van der Waals surface area contributed by atoms with Crippen LogP contribution in [0.3, 0.4) is 0 Å². The van der Waals surface area contributed by atoms with Gasteiger partial charge in [0.05, 0.1) is 15.9 Å². The molecular formula is C22H23ClN4O2S. The molecule has 0 unspecified atom stereocenters. The monoisotopic (exact) mass is 442 g/mol. The quantitative estimate of drug-likeness (QED) is 0.479. The lowest BCUT2D eigenvalue weighted by molar-refractivity contribution is 0.601. The van der Waals surface area contributed by atoms with Crippen molar-refractivity contribution in [3.8, 4) is 0 Å². The Morgan fingerprint density at radius 2 is 1.63 bits per heavy atom. The highest BCUT2D eigenvalue weighted by Crippen LogP contribution is 2.26. The van der Waals surface area contributed by atoms with E-state index in [-0.39, 0.29) is 10.7 Å². The fraction of sp³-hybridized carbons (Fsp3) is 0.273. The third-order valence-electron chi connectivity index (χ3n) is 5.05. The Morgan fingerprint density at radius 3 is 2.30 bits per heavy atom. The summed E-state index contributed by atoms with van der Waals surface area (Å²) in [6.07, 6.45) is 7.95. The fourth-order valence-electron chi connectivity index (χ4n) is 3.47. The first kappa shape index (κ1) is 20.6. The van der Waals surface area contributed by atoms with E-state index < -0.39 is 10.0 Å². The summed E-state index contributed by atoms with van der Waals surface area (Å²) in [5, 5.41) is 3.74. The summed E-state index contributed by atoms with van der Waals surface area (Å²) in [5.41, 5.74) is 2.75. The molecule has 1 aliphatic carbocycles. The van der Waals surface area contributed by atoms with Crippen LogP contribution in [0.1, 0.15) is 32.1 Å². The predicted octanol–water partition coefficient (Wildman–Crippen LogP) is 5.39. The lowest BCUT2D eigenvalue weighted by atomic mass is 9.97. The standard InChI is InChI=1S/C22H23ClN4O2S/c23-17-10-12-18(13-11-17)30(28,29)27-22-21(24-15-14-16-6-2-1-3-7-16)25-19-8-4-5-9-20(19)26-22/h4-6,8-13H,1-3,7,14-15H2,(H,24,25)(H,26,27). The topological polar surface area (TPSA) is 84.0 Å². The van der Waals surface area contributed by atoms with Gasteiger partial charge in [-0.25, -0.2) is 18.4 Å². The molecule has 6 nitrogen and oxygen atoms in total. The van der Waals surface area contributed by atoms with E-state index in [1.807, 2.05) is 18.2 Å². The molecule has 0 saturated heterocycles. The van der Waals surface area contributed by atoms with Crippen molar-refractivity contribution in [1.29, 1.82) is 0 Å². The molecule has 0 aliphatic heterocycles. The number of nitrogens with zero attached hydrogens (tertiary/aromatic N) is 2.